The number of ether oxygens (including phenoxy) is 4. The summed E-state index contributed by atoms with van der Waals surface area (Å²) in [6.07, 6.45) is -0.159. The summed E-state index contributed by atoms with van der Waals surface area (Å²) >= 11 is 4.87. The smallest absolute Gasteiger partial charge is 0.254 e. The molecule has 6 atom stereocenters. The summed E-state index contributed by atoms with van der Waals surface area (Å²) in [4.78, 5) is 15.8. The van der Waals surface area contributed by atoms with Crippen molar-refractivity contribution >= 4 is 33.6 Å². The van der Waals surface area contributed by atoms with Gasteiger partial charge < -0.3 is 23.8 Å². The van der Waals surface area contributed by atoms with Gasteiger partial charge in [-0.2, -0.15) is 0 Å². The van der Waals surface area contributed by atoms with E-state index in [1.165, 1.54) is 22.6 Å². The third kappa shape index (κ3) is 5.98. The van der Waals surface area contributed by atoms with Crippen molar-refractivity contribution in [1.82, 2.24) is 19.9 Å². The van der Waals surface area contributed by atoms with E-state index in [4.69, 9.17) is 18.9 Å². The number of amides is 1. The molecule has 0 spiro atoms. The Bertz CT molecular complexity index is 1720. The number of likely N-dealkylation sites (tertiary alicyclic amines) is 1. The Kier molecular flexibility index (Phi) is 8.92. The molecule has 3 aliphatic rings. The summed E-state index contributed by atoms with van der Waals surface area (Å²) in [5, 5.41) is 8.48. The predicted octanol–water partition coefficient (Wildman–Crippen LogP) is 6.16. The van der Waals surface area contributed by atoms with Crippen molar-refractivity contribution in [1.29, 1.82) is 0 Å². The highest BCUT2D eigenvalue weighted by atomic mass is 79.9. The van der Waals surface area contributed by atoms with Crippen molar-refractivity contribution in [2.75, 3.05) is 26.8 Å². The lowest BCUT2D eigenvalue weighted by molar-refractivity contribution is -0.308. The first-order valence-corrected chi connectivity index (χ1v) is 16.3. The molecule has 14 heteroatoms. The summed E-state index contributed by atoms with van der Waals surface area (Å²) in [6, 6.07) is 16.0. The number of nitrogens with zero attached hydrogens (tertiary/aromatic N) is 4. The average molecular weight is 718 g/mol. The number of benzene rings is 3. The molecule has 7 rings (SSSR count). The summed E-state index contributed by atoms with van der Waals surface area (Å²) < 4.78 is 69.5. The minimum absolute atomic E-state index is 0.0180. The van der Waals surface area contributed by atoms with Gasteiger partial charge in [-0.3, -0.25) is 4.79 Å². The maximum absolute atomic E-state index is 14.1. The Labute approximate surface area is 275 Å². The lowest BCUT2D eigenvalue weighted by atomic mass is 9.95. The second kappa shape index (κ2) is 13.1. The molecule has 0 N–H and O–H groups in total. The quantitative estimate of drug-likeness (QED) is 0.210. The monoisotopic (exact) mass is 716 g/mol. The van der Waals surface area contributed by atoms with Crippen LogP contribution in [0.4, 0.5) is 13.2 Å². The van der Waals surface area contributed by atoms with Crippen LogP contribution >= 0.6 is 27.7 Å². The third-order valence-corrected chi connectivity index (χ3v) is 10.0. The number of fused-ring (bicyclic) bond motifs is 1. The van der Waals surface area contributed by atoms with E-state index in [0.29, 0.717) is 23.5 Å². The Morgan fingerprint density at radius 3 is 2.50 bits per heavy atom. The maximum Gasteiger partial charge on any atom is 0.254 e. The largest absolute Gasteiger partial charge is 0.375 e. The highest BCUT2D eigenvalue weighted by molar-refractivity contribution is 9.10. The molecule has 46 heavy (non-hydrogen) atoms. The van der Waals surface area contributed by atoms with Gasteiger partial charge in [0.25, 0.3) is 5.91 Å². The number of halogens is 4. The third-order valence-electron chi connectivity index (χ3n) is 8.31. The molecule has 0 radical (unpaired) electrons. The van der Waals surface area contributed by atoms with Gasteiger partial charge in [-0.15, -0.1) is 5.10 Å². The van der Waals surface area contributed by atoms with Crippen LogP contribution in [0, 0.1) is 17.5 Å². The molecule has 0 aliphatic carbocycles. The van der Waals surface area contributed by atoms with E-state index in [0.717, 1.165) is 28.6 Å². The average Bonchev–Trinajstić information content (AvgIpc) is 3.52. The molecule has 3 fully saturated rings. The van der Waals surface area contributed by atoms with Crippen molar-refractivity contribution in [2.45, 2.75) is 47.4 Å². The van der Waals surface area contributed by atoms with Gasteiger partial charge in [0, 0.05) is 40.7 Å². The van der Waals surface area contributed by atoms with Gasteiger partial charge in [0.1, 0.15) is 35.5 Å². The molecular formula is C32H28BrF3N4O5S. The number of thioether (sulfide) groups is 1. The van der Waals surface area contributed by atoms with Crippen LogP contribution < -0.4 is 0 Å². The van der Waals surface area contributed by atoms with E-state index in [-0.39, 0.29) is 23.8 Å². The van der Waals surface area contributed by atoms with Crippen molar-refractivity contribution < 1.29 is 36.9 Å². The molecule has 0 saturated carbocycles. The van der Waals surface area contributed by atoms with Gasteiger partial charge in [0.05, 0.1) is 18.4 Å². The summed E-state index contributed by atoms with van der Waals surface area (Å²) in [5.41, 5.74) is 0.839. The zero-order valence-corrected chi connectivity index (χ0v) is 26.8. The van der Waals surface area contributed by atoms with E-state index in [9.17, 15) is 18.0 Å². The molecular weight excluding hydrogens is 689 g/mol. The van der Waals surface area contributed by atoms with Gasteiger partial charge in [-0.1, -0.05) is 63.2 Å². The summed E-state index contributed by atoms with van der Waals surface area (Å²) in [6.45, 7) is 1.60. The summed E-state index contributed by atoms with van der Waals surface area (Å²) in [7, 11) is 1.54. The second-order valence-corrected chi connectivity index (χ2v) is 13.2. The van der Waals surface area contributed by atoms with Crippen LogP contribution in [0.25, 0.3) is 11.3 Å². The molecule has 3 aromatic carbocycles. The lowest BCUT2D eigenvalue weighted by Crippen LogP contribution is -2.59. The van der Waals surface area contributed by atoms with Gasteiger partial charge in [-0.05, 0) is 36.8 Å². The normalized spacial score (nSPS) is 26.0. The fraction of sp³-hybridized carbons (Fsp3) is 0.344. The topological polar surface area (TPSA) is 87.9 Å². The van der Waals surface area contributed by atoms with Gasteiger partial charge in [0.2, 0.25) is 0 Å². The number of hydrogen-bond acceptors (Lipinski definition) is 8. The van der Waals surface area contributed by atoms with Gasteiger partial charge in [0.15, 0.2) is 23.7 Å². The van der Waals surface area contributed by atoms with Gasteiger partial charge >= 0.3 is 0 Å². The van der Waals surface area contributed by atoms with Crippen LogP contribution in [0.1, 0.15) is 34.7 Å². The Balaban J connectivity index is 1.25. The summed E-state index contributed by atoms with van der Waals surface area (Å²) in [5.74, 6) is -4.30. The Hall–Kier alpha value is -3.27. The fourth-order valence-electron chi connectivity index (χ4n) is 5.84. The molecule has 0 bridgehead atoms. The van der Waals surface area contributed by atoms with Crippen molar-refractivity contribution in [3.63, 3.8) is 0 Å². The van der Waals surface area contributed by atoms with Crippen LogP contribution in [-0.4, -0.2) is 76.4 Å². The first kappa shape index (κ1) is 31.3. The van der Waals surface area contributed by atoms with Gasteiger partial charge in [-0.25, -0.2) is 17.9 Å². The number of carbonyl (C=O) groups excluding carboxylic acids is 1. The molecule has 4 heterocycles. The molecule has 3 saturated heterocycles. The van der Waals surface area contributed by atoms with E-state index in [1.807, 2.05) is 42.5 Å². The number of methoxy groups -OCH3 is 1. The molecule has 240 valence electrons. The number of carbonyl (C=O) groups is 1. The van der Waals surface area contributed by atoms with Crippen LogP contribution in [-0.2, 0) is 18.9 Å². The van der Waals surface area contributed by atoms with E-state index < -0.39 is 53.5 Å². The molecule has 1 aromatic heterocycles. The highest BCUT2D eigenvalue weighted by Gasteiger charge is 2.52. The van der Waals surface area contributed by atoms with E-state index in [2.05, 4.69) is 26.2 Å². The van der Waals surface area contributed by atoms with Crippen LogP contribution in [0.2, 0.25) is 0 Å². The number of aromatic nitrogens is 3. The number of hydrogen-bond donors (Lipinski definition) is 0. The molecule has 9 nitrogen and oxygen atoms in total. The lowest BCUT2D eigenvalue weighted by Gasteiger charge is -2.48. The Morgan fingerprint density at radius 2 is 1.80 bits per heavy atom. The highest BCUT2D eigenvalue weighted by Crippen LogP contribution is 2.45. The SMILES string of the molecule is COC1[C@@H](Sc2cc(Br)ccc2C(=O)N2CCC2)OC2COC(c3ccccc3)O[C@@H]2[C@@H]1n1cc(-c2cc(F)c(F)c(F)c2)nn1. The first-order valence-electron chi connectivity index (χ1n) is 14.6. The standard InChI is InChI=1S/C32H28BrF3N4O5S/c1-42-29-27(40-15-23(37-38-40)18-12-21(34)26(36)22(35)13-18)28-24(16-43-31(45-28)17-6-3-2-4-7-17)44-32(29)46-25-14-19(33)8-9-20(25)30(41)39-10-5-11-39/h2-4,6-9,12-15,24,27-29,31-32H,5,10-11,16H2,1H3/t24?,27-,28-,29?,31?,32+/m0/s1. The maximum atomic E-state index is 14.1. The van der Waals surface area contributed by atoms with E-state index in [1.54, 1.807) is 18.1 Å². The minimum Gasteiger partial charge on any atom is -0.375 e. The van der Waals surface area contributed by atoms with Crippen LogP contribution in [0.3, 0.4) is 0 Å². The molecule has 1 amide bonds. The number of rotatable bonds is 7. The second-order valence-electron chi connectivity index (χ2n) is 11.2. The van der Waals surface area contributed by atoms with Crippen LogP contribution in [0.15, 0.2) is 76.2 Å². The molecule has 4 aromatic rings. The zero-order chi connectivity index (χ0) is 31.9. The fourth-order valence-corrected chi connectivity index (χ4v) is 7.68. The molecule has 3 aliphatic heterocycles. The van der Waals surface area contributed by atoms with Crippen molar-refractivity contribution in [3.8, 4) is 11.3 Å². The minimum atomic E-state index is -1.57. The van der Waals surface area contributed by atoms with Crippen LogP contribution in [0.5, 0.6) is 0 Å². The zero-order valence-electron chi connectivity index (χ0n) is 24.4. The van der Waals surface area contributed by atoms with E-state index >= 15 is 0 Å². The van der Waals surface area contributed by atoms with Crippen molar-refractivity contribution in [3.05, 3.63) is 99.9 Å². The predicted molar refractivity (Wildman–Crippen MR) is 164 cm³/mol. The Morgan fingerprint density at radius 1 is 1.04 bits per heavy atom. The molecule has 3 unspecified atom stereocenters. The van der Waals surface area contributed by atoms with Crippen molar-refractivity contribution in [2.24, 2.45) is 0 Å². The first-order chi connectivity index (χ1) is 22.3.